The van der Waals surface area contributed by atoms with Crippen LogP contribution < -0.4 is 5.73 Å². The molecule has 0 aliphatic rings. The number of nitrogen functional groups attached to an aromatic ring is 1. The van der Waals surface area contributed by atoms with Crippen LogP contribution in [0.25, 0.3) is 0 Å². The first-order valence-electron chi connectivity index (χ1n) is 4.08. The molecule has 0 saturated carbocycles. The first kappa shape index (κ1) is 9.57. The number of nitrogens with two attached hydrogens (primary N) is 1. The van der Waals surface area contributed by atoms with Crippen LogP contribution in [0.2, 0.25) is 0 Å². The molecular formula is C8H13N3O2. The molecule has 1 rings (SSSR count). The Morgan fingerprint density at radius 2 is 2.46 bits per heavy atom. The highest BCUT2D eigenvalue weighted by molar-refractivity contribution is 5.69. The third-order valence-corrected chi connectivity index (χ3v) is 1.58. The molecule has 1 aromatic rings. The molecule has 0 bridgehead atoms. The van der Waals surface area contributed by atoms with E-state index >= 15 is 0 Å². The maximum absolute atomic E-state index is 11.0. The Bertz CT molecular complexity index is 287. The standard InChI is InChI=1S/C8H13N3O2/c1-3-13-7(12)5-11-4-6(2)8(9)10-11/h4H,3,5H2,1-2H3,(H2,9,10). The molecule has 2 N–H and O–H groups in total. The van der Waals surface area contributed by atoms with Gasteiger partial charge in [-0.3, -0.25) is 9.48 Å². The van der Waals surface area contributed by atoms with Crippen LogP contribution in [0, 0.1) is 6.92 Å². The maximum atomic E-state index is 11.0. The second-order valence-corrected chi connectivity index (χ2v) is 2.70. The Balaban J connectivity index is 2.59. The lowest BCUT2D eigenvalue weighted by Gasteiger charge is -2.00. The highest BCUT2D eigenvalue weighted by Crippen LogP contribution is 2.05. The minimum Gasteiger partial charge on any atom is -0.465 e. The Labute approximate surface area is 76.5 Å². The second-order valence-electron chi connectivity index (χ2n) is 2.70. The van der Waals surface area contributed by atoms with Crippen LogP contribution in [0.15, 0.2) is 6.20 Å². The van der Waals surface area contributed by atoms with E-state index in [0.29, 0.717) is 12.4 Å². The molecule has 0 amide bonds. The Hall–Kier alpha value is -1.52. The van der Waals surface area contributed by atoms with Gasteiger partial charge < -0.3 is 10.5 Å². The van der Waals surface area contributed by atoms with Crippen molar-refractivity contribution in [1.29, 1.82) is 0 Å². The van der Waals surface area contributed by atoms with Crippen molar-refractivity contribution >= 4 is 11.8 Å². The number of aryl methyl sites for hydroxylation is 1. The van der Waals surface area contributed by atoms with Crippen molar-refractivity contribution in [3.05, 3.63) is 11.8 Å². The molecule has 5 nitrogen and oxygen atoms in total. The average molecular weight is 183 g/mol. The summed E-state index contributed by atoms with van der Waals surface area (Å²) >= 11 is 0. The quantitative estimate of drug-likeness (QED) is 0.686. The van der Waals surface area contributed by atoms with Gasteiger partial charge in [0, 0.05) is 11.8 Å². The fraction of sp³-hybridized carbons (Fsp3) is 0.500. The van der Waals surface area contributed by atoms with Crippen molar-refractivity contribution in [2.24, 2.45) is 0 Å². The molecule has 0 aromatic carbocycles. The number of carbonyl (C=O) groups is 1. The first-order valence-corrected chi connectivity index (χ1v) is 4.08. The van der Waals surface area contributed by atoms with Gasteiger partial charge in [-0.25, -0.2) is 0 Å². The SMILES string of the molecule is CCOC(=O)Cn1cc(C)c(N)n1. The summed E-state index contributed by atoms with van der Waals surface area (Å²) in [4.78, 5) is 11.0. The van der Waals surface area contributed by atoms with Gasteiger partial charge in [0.25, 0.3) is 0 Å². The van der Waals surface area contributed by atoms with Crippen LogP contribution in [-0.2, 0) is 16.1 Å². The topological polar surface area (TPSA) is 70.1 Å². The lowest BCUT2D eigenvalue weighted by molar-refractivity contribution is -0.144. The van der Waals surface area contributed by atoms with Crippen LogP contribution in [0.1, 0.15) is 12.5 Å². The summed E-state index contributed by atoms with van der Waals surface area (Å²) in [6.45, 7) is 4.10. The Kier molecular flexibility index (Phi) is 2.89. The number of aromatic nitrogens is 2. The lowest BCUT2D eigenvalue weighted by Crippen LogP contribution is -2.13. The van der Waals surface area contributed by atoms with Gasteiger partial charge in [0.15, 0.2) is 0 Å². The molecule has 0 unspecified atom stereocenters. The molecule has 0 fully saturated rings. The second kappa shape index (κ2) is 3.93. The number of rotatable bonds is 3. The van der Waals surface area contributed by atoms with Crippen molar-refractivity contribution in [3.63, 3.8) is 0 Å². The summed E-state index contributed by atoms with van der Waals surface area (Å²) in [6.07, 6.45) is 1.71. The van der Waals surface area contributed by atoms with E-state index in [4.69, 9.17) is 10.5 Å². The summed E-state index contributed by atoms with van der Waals surface area (Å²) < 4.78 is 6.23. The van der Waals surface area contributed by atoms with E-state index in [1.54, 1.807) is 13.1 Å². The molecule has 5 heteroatoms. The fourth-order valence-corrected chi connectivity index (χ4v) is 0.956. The zero-order chi connectivity index (χ0) is 9.84. The van der Waals surface area contributed by atoms with E-state index in [1.807, 2.05) is 6.92 Å². The molecule has 0 spiro atoms. The third kappa shape index (κ3) is 2.47. The van der Waals surface area contributed by atoms with Crippen LogP contribution >= 0.6 is 0 Å². The highest BCUT2D eigenvalue weighted by Gasteiger charge is 2.05. The van der Waals surface area contributed by atoms with E-state index in [9.17, 15) is 4.79 Å². The smallest absolute Gasteiger partial charge is 0.327 e. The van der Waals surface area contributed by atoms with E-state index in [-0.39, 0.29) is 12.5 Å². The molecule has 0 saturated heterocycles. The number of hydrogen-bond acceptors (Lipinski definition) is 4. The highest BCUT2D eigenvalue weighted by atomic mass is 16.5. The molecule has 0 aliphatic heterocycles. The van der Waals surface area contributed by atoms with Crippen LogP contribution in [0.3, 0.4) is 0 Å². The average Bonchev–Trinajstić information content (AvgIpc) is 2.31. The van der Waals surface area contributed by atoms with Gasteiger partial charge in [0.2, 0.25) is 0 Å². The summed E-state index contributed by atoms with van der Waals surface area (Å²) in [5, 5.41) is 3.93. The molecule has 1 aromatic heterocycles. The van der Waals surface area contributed by atoms with E-state index in [2.05, 4.69) is 5.10 Å². The van der Waals surface area contributed by atoms with Gasteiger partial charge in [-0.2, -0.15) is 5.10 Å². The predicted octanol–water partition coefficient (Wildman–Crippen LogP) is 0.337. The molecule has 72 valence electrons. The summed E-state index contributed by atoms with van der Waals surface area (Å²) in [6, 6.07) is 0. The zero-order valence-corrected chi connectivity index (χ0v) is 7.78. The predicted molar refractivity (Wildman–Crippen MR) is 48.0 cm³/mol. The molecular weight excluding hydrogens is 170 g/mol. The maximum Gasteiger partial charge on any atom is 0.327 e. The minimum absolute atomic E-state index is 0.117. The summed E-state index contributed by atoms with van der Waals surface area (Å²) in [7, 11) is 0. The molecule has 0 atom stereocenters. The van der Waals surface area contributed by atoms with E-state index in [0.717, 1.165) is 5.56 Å². The zero-order valence-electron chi connectivity index (χ0n) is 7.78. The first-order chi connectivity index (χ1) is 6.13. The number of anilines is 1. The molecule has 0 aliphatic carbocycles. The van der Waals surface area contributed by atoms with Gasteiger partial charge >= 0.3 is 5.97 Å². The van der Waals surface area contributed by atoms with E-state index < -0.39 is 0 Å². The minimum atomic E-state index is -0.301. The van der Waals surface area contributed by atoms with Crippen molar-refractivity contribution in [2.75, 3.05) is 12.3 Å². The molecule has 0 radical (unpaired) electrons. The lowest BCUT2D eigenvalue weighted by atomic mass is 10.4. The van der Waals surface area contributed by atoms with Gasteiger partial charge in [0.1, 0.15) is 12.4 Å². The summed E-state index contributed by atoms with van der Waals surface area (Å²) in [5.74, 6) is 0.147. The van der Waals surface area contributed by atoms with Crippen molar-refractivity contribution in [3.8, 4) is 0 Å². The van der Waals surface area contributed by atoms with Crippen molar-refractivity contribution < 1.29 is 9.53 Å². The van der Waals surface area contributed by atoms with Gasteiger partial charge in [-0.15, -0.1) is 0 Å². The molecule has 1 heterocycles. The van der Waals surface area contributed by atoms with Gasteiger partial charge in [-0.1, -0.05) is 0 Å². The summed E-state index contributed by atoms with van der Waals surface area (Å²) in [5.41, 5.74) is 6.37. The van der Waals surface area contributed by atoms with Crippen molar-refractivity contribution in [2.45, 2.75) is 20.4 Å². The number of carbonyl (C=O) groups excluding carboxylic acids is 1. The van der Waals surface area contributed by atoms with Crippen LogP contribution in [0.4, 0.5) is 5.82 Å². The van der Waals surface area contributed by atoms with Crippen molar-refractivity contribution in [1.82, 2.24) is 9.78 Å². The van der Waals surface area contributed by atoms with E-state index in [1.165, 1.54) is 4.68 Å². The van der Waals surface area contributed by atoms with Gasteiger partial charge in [-0.05, 0) is 13.8 Å². The largest absolute Gasteiger partial charge is 0.465 e. The Morgan fingerprint density at radius 3 is 2.92 bits per heavy atom. The Morgan fingerprint density at radius 1 is 1.77 bits per heavy atom. The monoisotopic (exact) mass is 183 g/mol. The number of nitrogens with zero attached hydrogens (tertiary/aromatic N) is 2. The number of hydrogen-bond donors (Lipinski definition) is 1. The number of esters is 1. The fourth-order valence-electron chi connectivity index (χ4n) is 0.956. The molecule has 13 heavy (non-hydrogen) atoms. The number of ether oxygens (including phenoxy) is 1. The van der Waals surface area contributed by atoms with Crippen LogP contribution in [0.5, 0.6) is 0 Å². The van der Waals surface area contributed by atoms with Gasteiger partial charge in [0.05, 0.1) is 6.61 Å². The van der Waals surface area contributed by atoms with Crippen LogP contribution in [-0.4, -0.2) is 22.4 Å². The third-order valence-electron chi connectivity index (χ3n) is 1.58. The normalized spacial score (nSPS) is 10.0.